The van der Waals surface area contributed by atoms with E-state index in [4.69, 9.17) is 5.11 Å². The van der Waals surface area contributed by atoms with Gasteiger partial charge in [0.25, 0.3) is 0 Å². The lowest BCUT2D eigenvalue weighted by Crippen LogP contribution is -2.43. The van der Waals surface area contributed by atoms with E-state index in [2.05, 4.69) is 30.2 Å². The zero-order valence-corrected chi connectivity index (χ0v) is 11.7. The number of carbonyl (C=O) groups is 1. The second-order valence-electron chi connectivity index (χ2n) is 4.71. The number of nitrogens with zero attached hydrogens (tertiary/aromatic N) is 1. The van der Waals surface area contributed by atoms with Crippen molar-refractivity contribution in [2.24, 2.45) is 5.92 Å². The molecule has 1 rings (SSSR count). The molecule has 0 radical (unpaired) electrons. The van der Waals surface area contributed by atoms with Gasteiger partial charge in [-0.15, -0.1) is 11.3 Å². The smallest absolute Gasteiger partial charge is 0.307 e. The molecule has 1 N–H and O–H groups in total. The van der Waals surface area contributed by atoms with Crippen molar-refractivity contribution in [2.75, 3.05) is 0 Å². The van der Waals surface area contributed by atoms with Gasteiger partial charge in [0.15, 0.2) is 0 Å². The van der Waals surface area contributed by atoms with Gasteiger partial charge in [0.2, 0.25) is 0 Å². The fourth-order valence-electron chi connectivity index (χ4n) is 1.87. The van der Waals surface area contributed by atoms with Crippen LogP contribution in [-0.4, -0.2) is 28.1 Å². The molecule has 0 aliphatic heterocycles. The minimum atomic E-state index is -0.727. The molecule has 2 atom stereocenters. The highest BCUT2D eigenvalue weighted by Gasteiger charge is 2.27. The quantitative estimate of drug-likeness (QED) is 0.849. The Morgan fingerprint density at radius 1 is 1.41 bits per heavy atom. The van der Waals surface area contributed by atoms with Crippen LogP contribution in [0.1, 0.15) is 32.6 Å². The highest BCUT2D eigenvalue weighted by atomic mass is 32.1. The molecule has 2 unspecified atom stereocenters. The normalized spacial score (nSPS) is 15.2. The van der Waals surface area contributed by atoms with Crippen molar-refractivity contribution in [3.05, 3.63) is 22.4 Å². The largest absolute Gasteiger partial charge is 0.481 e. The van der Waals surface area contributed by atoms with Crippen LogP contribution in [0.4, 0.5) is 0 Å². The Balaban J connectivity index is 2.75. The summed E-state index contributed by atoms with van der Waals surface area (Å²) in [5, 5.41) is 11.1. The maximum Gasteiger partial charge on any atom is 0.307 e. The molecule has 3 nitrogen and oxygen atoms in total. The second-order valence-corrected chi connectivity index (χ2v) is 5.75. The number of hydrogen-bond donors (Lipinski definition) is 1. The Bertz CT molecular complexity index is 348. The summed E-state index contributed by atoms with van der Waals surface area (Å²) in [6.07, 6.45) is 0. The Labute approximate surface area is 107 Å². The van der Waals surface area contributed by atoms with Gasteiger partial charge in [-0.25, -0.2) is 0 Å². The number of carboxylic acid groups (broad SMARTS) is 1. The van der Waals surface area contributed by atoms with Gasteiger partial charge in [-0.3, -0.25) is 9.69 Å². The topological polar surface area (TPSA) is 40.5 Å². The molecule has 0 saturated heterocycles. The predicted molar refractivity (Wildman–Crippen MR) is 71.3 cm³/mol. The molecule has 96 valence electrons. The van der Waals surface area contributed by atoms with Gasteiger partial charge in [0.05, 0.1) is 5.92 Å². The van der Waals surface area contributed by atoms with E-state index < -0.39 is 5.97 Å². The van der Waals surface area contributed by atoms with E-state index in [0.717, 1.165) is 6.54 Å². The standard InChI is InChI=1S/C13H21NO2S/c1-9(2)14(8-12-6-5-7-17-12)11(4)10(3)13(15)16/h5-7,9-11H,8H2,1-4H3,(H,15,16). The molecular formula is C13H21NO2S. The summed E-state index contributed by atoms with van der Waals surface area (Å²) >= 11 is 1.72. The van der Waals surface area contributed by atoms with Crippen LogP contribution in [-0.2, 0) is 11.3 Å². The fourth-order valence-corrected chi connectivity index (χ4v) is 2.59. The molecule has 0 fully saturated rings. The first-order valence-corrected chi connectivity index (χ1v) is 6.82. The summed E-state index contributed by atoms with van der Waals surface area (Å²) in [6.45, 7) is 8.81. The molecule has 0 spiro atoms. The Hall–Kier alpha value is -0.870. The third kappa shape index (κ3) is 3.82. The Morgan fingerprint density at radius 3 is 2.47 bits per heavy atom. The molecule has 0 aliphatic rings. The van der Waals surface area contributed by atoms with Crippen molar-refractivity contribution in [2.45, 2.75) is 46.3 Å². The van der Waals surface area contributed by atoms with E-state index in [1.54, 1.807) is 18.3 Å². The molecule has 1 heterocycles. The molecule has 1 aromatic rings. The van der Waals surface area contributed by atoms with E-state index in [9.17, 15) is 4.79 Å². The van der Waals surface area contributed by atoms with Crippen molar-refractivity contribution in [1.82, 2.24) is 4.90 Å². The first kappa shape index (κ1) is 14.2. The summed E-state index contributed by atoms with van der Waals surface area (Å²) in [4.78, 5) is 14.6. The highest BCUT2D eigenvalue weighted by Crippen LogP contribution is 2.20. The lowest BCUT2D eigenvalue weighted by molar-refractivity contribution is -0.143. The van der Waals surface area contributed by atoms with Crippen molar-refractivity contribution < 1.29 is 9.90 Å². The van der Waals surface area contributed by atoms with Crippen LogP contribution in [0.15, 0.2) is 17.5 Å². The average molecular weight is 255 g/mol. The molecule has 4 heteroatoms. The minimum Gasteiger partial charge on any atom is -0.481 e. The molecule has 17 heavy (non-hydrogen) atoms. The molecule has 0 saturated carbocycles. The zero-order chi connectivity index (χ0) is 13.0. The lowest BCUT2D eigenvalue weighted by atomic mass is 10.0. The van der Waals surface area contributed by atoms with E-state index in [1.165, 1.54) is 4.88 Å². The van der Waals surface area contributed by atoms with Crippen LogP contribution >= 0.6 is 11.3 Å². The van der Waals surface area contributed by atoms with Gasteiger partial charge in [-0.2, -0.15) is 0 Å². The van der Waals surface area contributed by atoms with Crippen molar-refractivity contribution in [3.8, 4) is 0 Å². The van der Waals surface area contributed by atoms with Crippen LogP contribution in [0.5, 0.6) is 0 Å². The van der Waals surface area contributed by atoms with Crippen LogP contribution in [0.3, 0.4) is 0 Å². The summed E-state index contributed by atoms with van der Waals surface area (Å²) in [5.74, 6) is -1.08. The van der Waals surface area contributed by atoms with Gasteiger partial charge < -0.3 is 5.11 Å². The number of hydrogen-bond acceptors (Lipinski definition) is 3. The second kappa shape index (κ2) is 6.17. The number of thiophene rings is 1. The fraction of sp³-hybridized carbons (Fsp3) is 0.615. The first-order valence-electron chi connectivity index (χ1n) is 5.94. The molecule has 0 aromatic carbocycles. The predicted octanol–water partition coefficient (Wildman–Crippen LogP) is 3.07. The minimum absolute atomic E-state index is 0.0367. The monoisotopic (exact) mass is 255 g/mol. The van der Waals surface area contributed by atoms with Crippen LogP contribution < -0.4 is 0 Å². The summed E-state index contributed by atoms with van der Waals surface area (Å²) in [6, 6.07) is 4.51. The summed E-state index contributed by atoms with van der Waals surface area (Å²) < 4.78 is 0. The number of carboxylic acids is 1. The maximum atomic E-state index is 11.0. The number of rotatable bonds is 6. The maximum absolute atomic E-state index is 11.0. The van der Waals surface area contributed by atoms with E-state index in [-0.39, 0.29) is 12.0 Å². The van der Waals surface area contributed by atoms with Gasteiger partial charge in [-0.1, -0.05) is 13.0 Å². The average Bonchev–Trinajstić information content (AvgIpc) is 2.76. The molecular weight excluding hydrogens is 234 g/mol. The Kier molecular flexibility index (Phi) is 5.15. The third-order valence-corrected chi connectivity index (χ3v) is 4.08. The van der Waals surface area contributed by atoms with Crippen LogP contribution in [0, 0.1) is 5.92 Å². The van der Waals surface area contributed by atoms with E-state index >= 15 is 0 Å². The van der Waals surface area contributed by atoms with Gasteiger partial charge >= 0.3 is 5.97 Å². The van der Waals surface area contributed by atoms with Crippen molar-refractivity contribution >= 4 is 17.3 Å². The third-order valence-electron chi connectivity index (χ3n) is 3.22. The summed E-state index contributed by atoms with van der Waals surface area (Å²) in [7, 11) is 0. The van der Waals surface area contributed by atoms with Crippen LogP contribution in [0.25, 0.3) is 0 Å². The Morgan fingerprint density at radius 2 is 2.06 bits per heavy atom. The zero-order valence-electron chi connectivity index (χ0n) is 10.9. The molecule has 1 aromatic heterocycles. The van der Waals surface area contributed by atoms with Crippen molar-refractivity contribution in [1.29, 1.82) is 0 Å². The number of aliphatic carboxylic acids is 1. The molecule has 0 aliphatic carbocycles. The van der Waals surface area contributed by atoms with E-state index in [1.807, 2.05) is 13.0 Å². The molecule has 0 amide bonds. The summed E-state index contributed by atoms with van der Waals surface area (Å²) in [5.41, 5.74) is 0. The molecule has 0 bridgehead atoms. The van der Waals surface area contributed by atoms with Gasteiger partial charge in [-0.05, 0) is 32.2 Å². The first-order chi connectivity index (χ1) is 7.93. The van der Waals surface area contributed by atoms with Gasteiger partial charge in [0.1, 0.15) is 0 Å². The van der Waals surface area contributed by atoms with Crippen LogP contribution in [0.2, 0.25) is 0 Å². The SMILES string of the molecule is CC(C(=O)O)C(C)N(Cc1cccs1)C(C)C. The lowest BCUT2D eigenvalue weighted by Gasteiger charge is -2.34. The van der Waals surface area contributed by atoms with E-state index in [0.29, 0.717) is 6.04 Å². The highest BCUT2D eigenvalue weighted by molar-refractivity contribution is 7.09. The van der Waals surface area contributed by atoms with Crippen molar-refractivity contribution in [3.63, 3.8) is 0 Å². The van der Waals surface area contributed by atoms with Gasteiger partial charge in [0, 0.05) is 23.5 Å².